The molecule has 3 heterocycles. The third-order valence-corrected chi connectivity index (χ3v) is 6.53. The molecule has 0 aliphatic carbocycles. The minimum absolute atomic E-state index is 0.316. The predicted octanol–water partition coefficient (Wildman–Crippen LogP) is 4.98. The molecule has 0 radical (unpaired) electrons. The van der Waals surface area contributed by atoms with E-state index in [1.807, 2.05) is 24.3 Å². The first-order chi connectivity index (χ1) is 13.5. The lowest BCUT2D eigenvalue weighted by Gasteiger charge is -2.40. The number of anilines is 2. The predicted molar refractivity (Wildman–Crippen MR) is 113 cm³/mol. The number of carbonyl (C=O) groups excluding carboxylic acids is 1. The molecule has 5 nitrogen and oxygen atoms in total. The number of rotatable bonds is 3. The number of benzene rings is 1. The van der Waals surface area contributed by atoms with E-state index in [-0.39, 0.29) is 0 Å². The Morgan fingerprint density at radius 1 is 1.25 bits per heavy atom. The molecule has 144 valence electrons. The first kappa shape index (κ1) is 18.8. The van der Waals surface area contributed by atoms with Gasteiger partial charge in [0.25, 0.3) is 0 Å². The Hall–Kier alpha value is -2.58. The summed E-state index contributed by atoms with van der Waals surface area (Å²) in [4.78, 5) is 23.3. The normalized spacial score (nSPS) is 21.0. The van der Waals surface area contributed by atoms with E-state index in [1.165, 1.54) is 6.42 Å². The van der Waals surface area contributed by atoms with Gasteiger partial charge in [0.15, 0.2) is 6.29 Å². The van der Waals surface area contributed by atoms with Crippen LogP contribution >= 0.6 is 11.6 Å². The van der Waals surface area contributed by atoms with Crippen molar-refractivity contribution in [2.45, 2.75) is 32.2 Å². The monoisotopic (exact) mass is 394 g/mol. The van der Waals surface area contributed by atoms with Gasteiger partial charge >= 0.3 is 0 Å². The summed E-state index contributed by atoms with van der Waals surface area (Å²) in [6, 6.07) is 9.99. The second-order valence-corrected chi connectivity index (χ2v) is 8.38. The number of aromatic nitrogens is 1. The van der Waals surface area contributed by atoms with Crippen molar-refractivity contribution >= 4 is 34.9 Å². The van der Waals surface area contributed by atoms with Gasteiger partial charge < -0.3 is 9.80 Å². The molecule has 0 unspecified atom stereocenters. The van der Waals surface area contributed by atoms with E-state index in [0.29, 0.717) is 27.9 Å². The van der Waals surface area contributed by atoms with Crippen molar-refractivity contribution in [2.24, 2.45) is 5.41 Å². The van der Waals surface area contributed by atoms with Gasteiger partial charge in [-0.3, -0.25) is 9.78 Å². The van der Waals surface area contributed by atoms with Gasteiger partial charge in [0.1, 0.15) is 5.69 Å². The maximum atomic E-state index is 10.8. The minimum Gasteiger partial charge on any atom is -0.370 e. The average molecular weight is 395 g/mol. The Balaban J connectivity index is 1.45. The van der Waals surface area contributed by atoms with Gasteiger partial charge in [-0.15, -0.1) is 0 Å². The highest BCUT2D eigenvalue weighted by Gasteiger charge is 2.44. The van der Waals surface area contributed by atoms with Crippen LogP contribution in [0.3, 0.4) is 0 Å². The molecule has 1 spiro atoms. The third kappa shape index (κ3) is 3.45. The highest BCUT2D eigenvalue weighted by Crippen LogP contribution is 2.46. The zero-order valence-electron chi connectivity index (χ0n) is 15.9. The summed E-state index contributed by atoms with van der Waals surface area (Å²) in [5, 5.41) is 0.529. The van der Waals surface area contributed by atoms with Gasteiger partial charge in [-0.25, -0.2) is 4.85 Å². The molecule has 0 N–H and O–H groups in total. The lowest BCUT2D eigenvalue weighted by atomic mass is 9.76. The quantitative estimate of drug-likeness (QED) is 0.543. The Morgan fingerprint density at radius 3 is 2.61 bits per heavy atom. The number of piperidine rings is 1. The van der Waals surface area contributed by atoms with Crippen molar-refractivity contribution in [3.8, 4) is 0 Å². The molecule has 2 aromatic rings. The van der Waals surface area contributed by atoms with Gasteiger partial charge in [0, 0.05) is 36.4 Å². The van der Waals surface area contributed by atoms with Gasteiger partial charge in [0.2, 0.25) is 5.69 Å². The largest absolute Gasteiger partial charge is 0.370 e. The second-order valence-electron chi connectivity index (χ2n) is 7.97. The van der Waals surface area contributed by atoms with Crippen molar-refractivity contribution in [1.29, 1.82) is 0 Å². The Morgan fingerprint density at radius 2 is 2.00 bits per heavy atom. The number of carbonyl (C=O) groups is 1. The molecule has 28 heavy (non-hydrogen) atoms. The molecule has 2 aliphatic heterocycles. The first-order valence-corrected chi connectivity index (χ1v) is 10.0. The number of hydrogen-bond acceptors (Lipinski definition) is 4. The van der Waals surface area contributed by atoms with Crippen LogP contribution in [-0.2, 0) is 0 Å². The number of hydrogen-bond donors (Lipinski definition) is 0. The zero-order valence-corrected chi connectivity index (χ0v) is 16.7. The molecule has 1 aromatic heterocycles. The van der Waals surface area contributed by atoms with Crippen LogP contribution in [0, 0.1) is 12.0 Å². The SMILES string of the molecule is [C-]#[N+]c1ccc(N2CC3(CCN(c4ccc(C=O)nc4)CC3)C[C@@H]2C)cc1Cl. The summed E-state index contributed by atoms with van der Waals surface area (Å²) in [6.45, 7) is 12.5. The summed E-state index contributed by atoms with van der Waals surface area (Å²) in [7, 11) is 0. The molecule has 2 fully saturated rings. The molecule has 2 saturated heterocycles. The fraction of sp³-hybridized carbons (Fsp3) is 0.409. The lowest BCUT2D eigenvalue weighted by Crippen LogP contribution is -2.41. The van der Waals surface area contributed by atoms with Gasteiger partial charge in [-0.2, -0.15) is 0 Å². The summed E-state index contributed by atoms with van der Waals surface area (Å²) in [5.41, 5.74) is 3.49. The Labute approximate surface area is 170 Å². The Bertz CT molecular complexity index is 913. The molecule has 6 heteroatoms. The van der Waals surface area contributed by atoms with Crippen molar-refractivity contribution in [3.05, 3.63) is 58.7 Å². The van der Waals surface area contributed by atoms with Crippen LogP contribution in [0.5, 0.6) is 0 Å². The molecule has 4 rings (SSSR count). The van der Waals surface area contributed by atoms with E-state index in [1.54, 1.807) is 12.3 Å². The third-order valence-electron chi connectivity index (χ3n) is 6.23. The molecule has 0 amide bonds. The van der Waals surface area contributed by atoms with E-state index >= 15 is 0 Å². The van der Waals surface area contributed by atoms with Crippen LogP contribution in [0.1, 0.15) is 36.7 Å². The van der Waals surface area contributed by atoms with E-state index < -0.39 is 0 Å². The fourth-order valence-corrected chi connectivity index (χ4v) is 4.90. The minimum atomic E-state index is 0.316. The van der Waals surface area contributed by atoms with E-state index in [4.69, 9.17) is 18.2 Å². The maximum absolute atomic E-state index is 10.8. The van der Waals surface area contributed by atoms with E-state index in [9.17, 15) is 4.79 Å². The second kappa shape index (κ2) is 7.44. The van der Waals surface area contributed by atoms with Crippen molar-refractivity contribution in [1.82, 2.24) is 4.98 Å². The van der Waals surface area contributed by atoms with Crippen molar-refractivity contribution in [3.63, 3.8) is 0 Å². The van der Waals surface area contributed by atoms with Gasteiger partial charge in [-0.05, 0) is 55.9 Å². The van der Waals surface area contributed by atoms with E-state index in [2.05, 4.69) is 26.6 Å². The summed E-state index contributed by atoms with van der Waals surface area (Å²) < 4.78 is 0. The Kier molecular flexibility index (Phi) is 4.99. The van der Waals surface area contributed by atoms with Gasteiger partial charge in [0.05, 0.1) is 18.5 Å². The highest BCUT2D eigenvalue weighted by molar-refractivity contribution is 6.33. The van der Waals surface area contributed by atoms with Crippen LogP contribution in [0.25, 0.3) is 4.85 Å². The van der Waals surface area contributed by atoms with Crippen LogP contribution in [-0.4, -0.2) is 36.9 Å². The van der Waals surface area contributed by atoms with Gasteiger partial charge in [-0.1, -0.05) is 17.7 Å². The smallest absolute Gasteiger partial charge is 0.205 e. The number of pyridine rings is 1. The molecule has 0 bridgehead atoms. The average Bonchev–Trinajstić information content (AvgIpc) is 3.04. The molecule has 2 aliphatic rings. The maximum Gasteiger partial charge on any atom is 0.205 e. The van der Waals surface area contributed by atoms with Crippen LogP contribution in [0.15, 0.2) is 36.5 Å². The summed E-state index contributed by atoms with van der Waals surface area (Å²) in [6.07, 6.45) is 6.02. The molecule has 0 saturated carbocycles. The lowest BCUT2D eigenvalue weighted by molar-refractivity contribution is 0.111. The summed E-state index contributed by atoms with van der Waals surface area (Å²) in [5.74, 6) is 0. The van der Waals surface area contributed by atoms with Crippen LogP contribution in [0.2, 0.25) is 5.02 Å². The summed E-state index contributed by atoms with van der Waals surface area (Å²) >= 11 is 6.27. The van der Waals surface area contributed by atoms with Crippen molar-refractivity contribution < 1.29 is 4.79 Å². The standard InChI is InChI=1S/C22H23ClN4O/c1-16-12-22(15-27(16)18-5-6-21(24-2)20(23)11-18)7-9-26(10-8-22)19-4-3-17(14-28)25-13-19/h3-6,11,13-14,16H,7-10,12,15H2,1H3/t16-/m0/s1. The highest BCUT2D eigenvalue weighted by atomic mass is 35.5. The topological polar surface area (TPSA) is 40.8 Å². The molecular weight excluding hydrogens is 372 g/mol. The van der Waals surface area contributed by atoms with Crippen LogP contribution < -0.4 is 9.80 Å². The molecule has 1 aromatic carbocycles. The number of aldehydes is 1. The fourth-order valence-electron chi connectivity index (χ4n) is 4.69. The van der Waals surface area contributed by atoms with Crippen LogP contribution in [0.4, 0.5) is 17.1 Å². The van der Waals surface area contributed by atoms with E-state index in [0.717, 1.165) is 50.1 Å². The first-order valence-electron chi connectivity index (χ1n) is 9.63. The number of halogens is 1. The molecule has 1 atom stereocenters. The van der Waals surface area contributed by atoms with Crippen molar-refractivity contribution in [2.75, 3.05) is 29.4 Å². The molecular formula is C22H23ClN4O. The zero-order chi connectivity index (χ0) is 19.7. The number of nitrogens with zero attached hydrogens (tertiary/aromatic N) is 4.